The number of piperazine rings is 1. The molecule has 1 fully saturated rings. The van der Waals surface area contributed by atoms with Gasteiger partial charge in [0.2, 0.25) is 0 Å². The smallest absolute Gasteiger partial charge is 0.368 e. The standard InChI is InChI=1S/C21H21F3N4O/c1-13-10-15-11-16(3-4-18(15)26-13)27-20(29)14-2-5-19(17(12-14)21(22,23)24)28-8-6-25-7-9-28/h2-5,10-12,25-26H,6-9H2,1H3,(H,27,29). The van der Waals surface area contributed by atoms with E-state index in [2.05, 4.69) is 15.6 Å². The van der Waals surface area contributed by atoms with Crippen LogP contribution in [0, 0.1) is 6.92 Å². The fourth-order valence-corrected chi connectivity index (χ4v) is 3.64. The van der Waals surface area contributed by atoms with E-state index in [1.54, 1.807) is 17.0 Å². The number of fused-ring (bicyclic) bond motifs is 1. The van der Waals surface area contributed by atoms with Gasteiger partial charge in [0.05, 0.1) is 5.56 Å². The summed E-state index contributed by atoms with van der Waals surface area (Å²) in [6.45, 7) is 4.16. The predicted molar refractivity (Wildman–Crippen MR) is 108 cm³/mol. The molecule has 5 nitrogen and oxygen atoms in total. The van der Waals surface area contributed by atoms with Crippen molar-refractivity contribution in [1.29, 1.82) is 0 Å². The van der Waals surface area contributed by atoms with E-state index in [9.17, 15) is 18.0 Å². The van der Waals surface area contributed by atoms with Crippen LogP contribution in [0.2, 0.25) is 0 Å². The molecule has 1 aliphatic rings. The number of carbonyl (C=O) groups is 1. The van der Waals surface area contributed by atoms with Crippen molar-refractivity contribution >= 4 is 28.2 Å². The van der Waals surface area contributed by atoms with Gasteiger partial charge in [-0.1, -0.05) is 0 Å². The molecule has 0 atom stereocenters. The second-order valence-corrected chi connectivity index (χ2v) is 7.18. The summed E-state index contributed by atoms with van der Waals surface area (Å²) in [5.74, 6) is -0.575. The molecule has 2 heterocycles. The minimum absolute atomic E-state index is 0.0263. The molecular formula is C21H21F3N4O. The first-order valence-electron chi connectivity index (χ1n) is 9.39. The summed E-state index contributed by atoms with van der Waals surface area (Å²) in [5.41, 5.74) is 1.74. The Morgan fingerprint density at radius 2 is 1.83 bits per heavy atom. The minimum atomic E-state index is -4.54. The molecule has 0 spiro atoms. The van der Waals surface area contributed by atoms with Crippen LogP contribution in [0.3, 0.4) is 0 Å². The molecule has 1 amide bonds. The maximum Gasteiger partial charge on any atom is 0.418 e. The van der Waals surface area contributed by atoms with Crippen molar-refractivity contribution in [3.63, 3.8) is 0 Å². The molecule has 152 valence electrons. The first-order valence-corrected chi connectivity index (χ1v) is 9.39. The zero-order chi connectivity index (χ0) is 20.6. The van der Waals surface area contributed by atoms with Crippen molar-refractivity contribution in [3.8, 4) is 0 Å². The number of carbonyl (C=O) groups excluding carboxylic acids is 1. The third kappa shape index (κ3) is 4.07. The second kappa shape index (κ2) is 7.44. The van der Waals surface area contributed by atoms with Crippen molar-refractivity contribution in [3.05, 3.63) is 59.3 Å². The molecule has 3 aromatic rings. The number of nitrogens with zero attached hydrogens (tertiary/aromatic N) is 1. The first-order chi connectivity index (χ1) is 13.8. The molecule has 29 heavy (non-hydrogen) atoms. The lowest BCUT2D eigenvalue weighted by molar-refractivity contribution is -0.137. The van der Waals surface area contributed by atoms with E-state index in [4.69, 9.17) is 0 Å². The molecule has 3 N–H and O–H groups in total. The SMILES string of the molecule is Cc1cc2cc(NC(=O)c3ccc(N4CCNCC4)c(C(F)(F)F)c3)ccc2[nH]1. The number of benzene rings is 2. The summed E-state index contributed by atoms with van der Waals surface area (Å²) < 4.78 is 41.0. The van der Waals surface area contributed by atoms with Crippen LogP contribution in [0.5, 0.6) is 0 Å². The van der Waals surface area contributed by atoms with Gasteiger partial charge in [-0.3, -0.25) is 4.79 Å². The summed E-state index contributed by atoms with van der Waals surface area (Å²) in [7, 11) is 0. The molecule has 0 radical (unpaired) electrons. The molecule has 1 aromatic heterocycles. The third-order valence-electron chi connectivity index (χ3n) is 5.04. The van der Waals surface area contributed by atoms with Crippen LogP contribution in [-0.4, -0.2) is 37.1 Å². The highest BCUT2D eigenvalue weighted by Crippen LogP contribution is 2.37. The van der Waals surface area contributed by atoms with E-state index in [0.29, 0.717) is 31.9 Å². The van der Waals surface area contributed by atoms with Crippen LogP contribution in [-0.2, 0) is 6.18 Å². The number of H-pyrrole nitrogens is 1. The van der Waals surface area contributed by atoms with Gasteiger partial charge in [-0.15, -0.1) is 0 Å². The number of hydrogen-bond acceptors (Lipinski definition) is 3. The monoisotopic (exact) mass is 402 g/mol. The van der Waals surface area contributed by atoms with Crippen LogP contribution in [0.25, 0.3) is 10.9 Å². The molecule has 0 bridgehead atoms. The lowest BCUT2D eigenvalue weighted by atomic mass is 10.1. The van der Waals surface area contributed by atoms with E-state index in [0.717, 1.165) is 22.7 Å². The van der Waals surface area contributed by atoms with Crippen molar-refractivity contribution < 1.29 is 18.0 Å². The molecule has 0 saturated carbocycles. The second-order valence-electron chi connectivity index (χ2n) is 7.18. The molecule has 2 aromatic carbocycles. The lowest BCUT2D eigenvalue weighted by Gasteiger charge is -2.31. The number of halogens is 3. The van der Waals surface area contributed by atoms with Gasteiger partial charge in [0.15, 0.2) is 0 Å². The number of amides is 1. The number of hydrogen-bond donors (Lipinski definition) is 3. The molecule has 0 aliphatic carbocycles. The summed E-state index contributed by atoms with van der Waals surface area (Å²) in [4.78, 5) is 17.5. The minimum Gasteiger partial charge on any atom is -0.368 e. The van der Waals surface area contributed by atoms with Crippen molar-refractivity contribution in [2.45, 2.75) is 13.1 Å². The van der Waals surface area contributed by atoms with Crippen molar-refractivity contribution in [2.24, 2.45) is 0 Å². The average Bonchev–Trinajstić information content (AvgIpc) is 3.07. The highest BCUT2D eigenvalue weighted by Gasteiger charge is 2.36. The number of alkyl halides is 3. The topological polar surface area (TPSA) is 60.2 Å². The number of anilines is 2. The Kier molecular flexibility index (Phi) is 4.96. The largest absolute Gasteiger partial charge is 0.418 e. The molecule has 4 rings (SSSR count). The van der Waals surface area contributed by atoms with Crippen LogP contribution in [0.1, 0.15) is 21.6 Å². The molecule has 0 unspecified atom stereocenters. The Labute approximate surface area is 165 Å². The molecule has 8 heteroatoms. The molecular weight excluding hydrogens is 381 g/mol. The molecule has 1 saturated heterocycles. The Balaban J connectivity index is 1.61. The number of aromatic amines is 1. The lowest BCUT2D eigenvalue weighted by Crippen LogP contribution is -2.44. The van der Waals surface area contributed by atoms with Gasteiger partial charge >= 0.3 is 6.18 Å². The van der Waals surface area contributed by atoms with E-state index < -0.39 is 17.6 Å². The van der Waals surface area contributed by atoms with Crippen molar-refractivity contribution in [1.82, 2.24) is 10.3 Å². The van der Waals surface area contributed by atoms with Crippen LogP contribution in [0.15, 0.2) is 42.5 Å². The number of aromatic nitrogens is 1. The van der Waals surface area contributed by atoms with Gasteiger partial charge < -0.3 is 20.5 Å². The zero-order valence-corrected chi connectivity index (χ0v) is 15.9. The van der Waals surface area contributed by atoms with Gasteiger partial charge in [-0.05, 0) is 49.4 Å². The van der Waals surface area contributed by atoms with Gasteiger partial charge in [0.1, 0.15) is 0 Å². The third-order valence-corrected chi connectivity index (χ3v) is 5.04. The number of rotatable bonds is 3. The van der Waals surface area contributed by atoms with Gasteiger partial charge in [0, 0.05) is 59.7 Å². The van der Waals surface area contributed by atoms with E-state index in [-0.39, 0.29) is 11.3 Å². The summed E-state index contributed by atoms with van der Waals surface area (Å²) in [5, 5.41) is 6.74. The average molecular weight is 402 g/mol. The Hall–Kier alpha value is -3.00. The predicted octanol–water partition coefficient (Wildman–Crippen LogP) is 4.16. The zero-order valence-electron chi connectivity index (χ0n) is 15.9. The van der Waals surface area contributed by atoms with Gasteiger partial charge in [0.25, 0.3) is 5.91 Å². The summed E-state index contributed by atoms with van der Waals surface area (Å²) in [6.07, 6.45) is -4.54. The van der Waals surface area contributed by atoms with Gasteiger partial charge in [-0.2, -0.15) is 13.2 Å². The van der Waals surface area contributed by atoms with Crippen LogP contribution >= 0.6 is 0 Å². The normalized spacial score (nSPS) is 15.0. The van der Waals surface area contributed by atoms with Crippen molar-refractivity contribution in [2.75, 3.05) is 36.4 Å². The van der Waals surface area contributed by atoms with Crippen LogP contribution < -0.4 is 15.5 Å². The summed E-state index contributed by atoms with van der Waals surface area (Å²) >= 11 is 0. The van der Waals surface area contributed by atoms with E-state index in [1.165, 1.54) is 12.1 Å². The quantitative estimate of drug-likeness (QED) is 0.617. The number of aryl methyl sites for hydroxylation is 1. The summed E-state index contributed by atoms with van der Waals surface area (Å²) in [6, 6.07) is 11.0. The maximum absolute atomic E-state index is 13.7. The van der Waals surface area contributed by atoms with E-state index in [1.807, 2.05) is 19.1 Å². The fourth-order valence-electron chi connectivity index (χ4n) is 3.64. The number of nitrogens with one attached hydrogen (secondary N) is 3. The highest BCUT2D eigenvalue weighted by atomic mass is 19.4. The highest BCUT2D eigenvalue weighted by molar-refractivity contribution is 6.05. The Morgan fingerprint density at radius 1 is 1.07 bits per heavy atom. The Morgan fingerprint density at radius 3 is 2.55 bits per heavy atom. The van der Waals surface area contributed by atoms with E-state index >= 15 is 0 Å². The Bertz CT molecular complexity index is 1050. The fraction of sp³-hybridized carbons (Fsp3) is 0.286. The molecule has 1 aliphatic heterocycles. The van der Waals surface area contributed by atoms with Gasteiger partial charge in [-0.25, -0.2) is 0 Å². The first kappa shape index (κ1) is 19.3. The van der Waals surface area contributed by atoms with Crippen LogP contribution in [0.4, 0.5) is 24.5 Å². The maximum atomic E-state index is 13.7.